The van der Waals surface area contributed by atoms with Crippen LogP contribution in [-0.2, 0) is 9.53 Å². The van der Waals surface area contributed by atoms with Crippen molar-refractivity contribution in [1.82, 2.24) is 15.5 Å². The first kappa shape index (κ1) is 16.5. The van der Waals surface area contributed by atoms with Gasteiger partial charge in [-0.15, -0.1) is 0 Å². The first-order valence-corrected chi connectivity index (χ1v) is 6.20. The molecule has 0 aromatic heterocycles. The lowest BCUT2D eigenvalue weighted by molar-refractivity contribution is -0.131. The Hall–Kier alpha value is -1.51. The van der Waals surface area contributed by atoms with E-state index in [-0.39, 0.29) is 25.8 Å². The molecule has 0 aromatic carbocycles. The molecule has 1 rings (SSSR count). The average Bonchev–Trinajstić information content (AvgIpc) is 2.34. The van der Waals surface area contributed by atoms with E-state index >= 15 is 0 Å². The third-order valence-electron chi connectivity index (χ3n) is 2.56. The van der Waals surface area contributed by atoms with Crippen molar-refractivity contribution in [2.45, 2.75) is 32.1 Å². The summed E-state index contributed by atoms with van der Waals surface area (Å²) < 4.78 is 41.3. The molecule has 1 heterocycles. The molecule has 1 saturated heterocycles. The molecular weight excluding hydrogens is 279 g/mol. The van der Waals surface area contributed by atoms with Gasteiger partial charge in [-0.2, -0.15) is 13.2 Å². The number of nitrogens with one attached hydrogen (secondary N) is 2. The smallest absolute Gasteiger partial charge is 0.377 e. The Labute approximate surface area is 114 Å². The fourth-order valence-electron chi connectivity index (χ4n) is 1.72. The molecule has 1 atom stereocenters. The van der Waals surface area contributed by atoms with Gasteiger partial charge in [0.25, 0.3) is 0 Å². The molecule has 20 heavy (non-hydrogen) atoms. The predicted molar refractivity (Wildman–Crippen MR) is 64.0 cm³/mol. The van der Waals surface area contributed by atoms with Crippen LogP contribution in [0.5, 0.6) is 0 Å². The molecule has 116 valence electrons. The van der Waals surface area contributed by atoms with Crippen molar-refractivity contribution in [2.24, 2.45) is 0 Å². The van der Waals surface area contributed by atoms with Gasteiger partial charge in [0.05, 0.1) is 13.2 Å². The van der Waals surface area contributed by atoms with Gasteiger partial charge in [0.1, 0.15) is 12.6 Å². The van der Waals surface area contributed by atoms with Crippen LogP contribution < -0.4 is 10.6 Å². The summed E-state index contributed by atoms with van der Waals surface area (Å²) in [7, 11) is 0. The van der Waals surface area contributed by atoms with E-state index in [4.69, 9.17) is 4.74 Å². The molecule has 0 aromatic rings. The Balaban J connectivity index is 2.63. The molecule has 1 unspecified atom stereocenters. The molecule has 1 aliphatic heterocycles. The fourth-order valence-corrected chi connectivity index (χ4v) is 1.72. The quantitative estimate of drug-likeness (QED) is 0.796. The summed E-state index contributed by atoms with van der Waals surface area (Å²) in [5.41, 5.74) is 0. The fraction of sp³-hybridized carbons (Fsp3) is 0.818. The lowest BCUT2D eigenvalue weighted by Gasteiger charge is -2.35. The van der Waals surface area contributed by atoms with Gasteiger partial charge in [0, 0.05) is 12.6 Å². The van der Waals surface area contributed by atoms with Crippen molar-refractivity contribution in [3.8, 4) is 0 Å². The highest BCUT2D eigenvalue weighted by atomic mass is 19.4. The van der Waals surface area contributed by atoms with E-state index in [1.165, 1.54) is 0 Å². The van der Waals surface area contributed by atoms with Crippen molar-refractivity contribution in [2.75, 3.05) is 26.3 Å². The maximum Gasteiger partial charge on any atom is 0.405 e. The topological polar surface area (TPSA) is 70.7 Å². The van der Waals surface area contributed by atoms with Crippen LogP contribution in [0.25, 0.3) is 0 Å². The minimum Gasteiger partial charge on any atom is -0.377 e. The Morgan fingerprint density at radius 3 is 2.60 bits per heavy atom. The monoisotopic (exact) mass is 297 g/mol. The number of morpholine rings is 1. The van der Waals surface area contributed by atoms with Crippen molar-refractivity contribution < 1.29 is 27.5 Å². The zero-order chi connectivity index (χ0) is 15.3. The van der Waals surface area contributed by atoms with Crippen LogP contribution in [0.15, 0.2) is 0 Å². The van der Waals surface area contributed by atoms with E-state index < -0.39 is 30.7 Å². The molecule has 0 radical (unpaired) electrons. The molecule has 2 N–H and O–H groups in total. The summed E-state index contributed by atoms with van der Waals surface area (Å²) in [6, 6.07) is -1.97. The lowest BCUT2D eigenvalue weighted by atomic mass is 10.2. The molecular formula is C11H18F3N3O3. The standard InChI is InChI=1S/C11H18F3N3O3/c1-7(2)16-9(18)8-5-20-4-3-17(8)10(19)15-6-11(12,13)14/h7-8H,3-6H2,1-2H3,(H,15,19)(H,16,18). The van der Waals surface area contributed by atoms with Gasteiger partial charge in [0.15, 0.2) is 0 Å². The number of hydrogen-bond donors (Lipinski definition) is 2. The average molecular weight is 297 g/mol. The van der Waals surface area contributed by atoms with E-state index in [1.807, 2.05) is 0 Å². The SMILES string of the molecule is CC(C)NC(=O)C1COCCN1C(=O)NCC(F)(F)F. The molecule has 0 spiro atoms. The van der Waals surface area contributed by atoms with Crippen LogP contribution in [0, 0.1) is 0 Å². The first-order valence-electron chi connectivity index (χ1n) is 6.20. The highest BCUT2D eigenvalue weighted by Crippen LogP contribution is 2.13. The van der Waals surface area contributed by atoms with Crippen LogP contribution in [-0.4, -0.2) is 61.4 Å². The van der Waals surface area contributed by atoms with E-state index in [2.05, 4.69) is 5.32 Å². The number of amides is 3. The molecule has 1 fully saturated rings. The minimum atomic E-state index is -4.49. The number of rotatable bonds is 3. The summed E-state index contributed by atoms with van der Waals surface area (Å²) >= 11 is 0. The predicted octanol–water partition coefficient (Wildman–Crippen LogP) is 0.484. The van der Waals surface area contributed by atoms with E-state index in [0.29, 0.717) is 0 Å². The molecule has 0 bridgehead atoms. The van der Waals surface area contributed by atoms with Crippen LogP contribution >= 0.6 is 0 Å². The van der Waals surface area contributed by atoms with Crippen LogP contribution in [0.1, 0.15) is 13.8 Å². The minimum absolute atomic E-state index is 0.0298. The lowest BCUT2D eigenvalue weighted by Crippen LogP contribution is -2.59. The number of halogens is 3. The van der Waals surface area contributed by atoms with Crippen molar-refractivity contribution in [1.29, 1.82) is 0 Å². The summed E-state index contributed by atoms with van der Waals surface area (Å²) in [5.74, 6) is -0.443. The second kappa shape index (κ2) is 6.78. The molecule has 0 aliphatic carbocycles. The maximum absolute atomic E-state index is 12.1. The largest absolute Gasteiger partial charge is 0.405 e. The Morgan fingerprint density at radius 2 is 2.05 bits per heavy atom. The van der Waals surface area contributed by atoms with Crippen LogP contribution in [0.2, 0.25) is 0 Å². The summed E-state index contributed by atoms with van der Waals surface area (Å²) in [4.78, 5) is 24.7. The summed E-state index contributed by atoms with van der Waals surface area (Å²) in [5, 5.41) is 4.36. The van der Waals surface area contributed by atoms with Gasteiger partial charge in [-0.25, -0.2) is 4.79 Å². The number of carbonyl (C=O) groups excluding carboxylic acids is 2. The van der Waals surface area contributed by atoms with E-state index in [1.54, 1.807) is 19.2 Å². The van der Waals surface area contributed by atoms with Gasteiger partial charge >= 0.3 is 12.2 Å². The Bertz CT molecular complexity index is 361. The second-order valence-electron chi connectivity index (χ2n) is 4.72. The number of nitrogens with zero attached hydrogens (tertiary/aromatic N) is 1. The van der Waals surface area contributed by atoms with Crippen molar-refractivity contribution in [3.05, 3.63) is 0 Å². The first-order chi connectivity index (χ1) is 9.20. The van der Waals surface area contributed by atoms with Gasteiger partial charge in [-0.1, -0.05) is 0 Å². The highest BCUT2D eigenvalue weighted by molar-refractivity contribution is 5.87. The zero-order valence-corrected chi connectivity index (χ0v) is 11.3. The highest BCUT2D eigenvalue weighted by Gasteiger charge is 2.35. The van der Waals surface area contributed by atoms with Crippen LogP contribution in [0.3, 0.4) is 0 Å². The number of ether oxygens (including phenoxy) is 1. The normalized spacial score (nSPS) is 19.9. The number of urea groups is 1. The maximum atomic E-state index is 12.1. The van der Waals surface area contributed by atoms with Gasteiger partial charge in [0.2, 0.25) is 5.91 Å². The van der Waals surface area contributed by atoms with Gasteiger partial charge in [-0.3, -0.25) is 4.79 Å². The van der Waals surface area contributed by atoms with E-state index in [9.17, 15) is 22.8 Å². The van der Waals surface area contributed by atoms with E-state index in [0.717, 1.165) is 4.90 Å². The molecule has 3 amide bonds. The third-order valence-corrected chi connectivity index (χ3v) is 2.56. The molecule has 0 saturated carbocycles. The number of alkyl halides is 3. The second-order valence-corrected chi connectivity index (χ2v) is 4.72. The molecule has 6 nitrogen and oxygen atoms in total. The molecule has 9 heteroatoms. The zero-order valence-electron chi connectivity index (χ0n) is 11.3. The van der Waals surface area contributed by atoms with Gasteiger partial charge < -0.3 is 20.3 Å². The Kier molecular flexibility index (Phi) is 5.61. The number of hydrogen-bond acceptors (Lipinski definition) is 3. The summed E-state index contributed by atoms with van der Waals surface area (Å²) in [6.07, 6.45) is -4.49. The summed E-state index contributed by atoms with van der Waals surface area (Å²) in [6.45, 7) is 2.29. The Morgan fingerprint density at radius 1 is 1.40 bits per heavy atom. The number of carbonyl (C=O) groups is 2. The van der Waals surface area contributed by atoms with Crippen molar-refractivity contribution >= 4 is 11.9 Å². The van der Waals surface area contributed by atoms with Crippen molar-refractivity contribution in [3.63, 3.8) is 0 Å². The molecule has 1 aliphatic rings. The van der Waals surface area contributed by atoms with Crippen LogP contribution in [0.4, 0.5) is 18.0 Å². The third kappa shape index (κ3) is 5.24. The van der Waals surface area contributed by atoms with Gasteiger partial charge in [-0.05, 0) is 13.8 Å².